The molecule has 17 heavy (non-hydrogen) atoms. The van der Waals surface area contributed by atoms with Gasteiger partial charge in [0, 0.05) is 39.3 Å². The summed E-state index contributed by atoms with van der Waals surface area (Å²) in [6.07, 6.45) is 1.17. The molecular weight excluding hydrogens is 216 g/mol. The van der Waals surface area contributed by atoms with Gasteiger partial charge in [0.1, 0.15) is 0 Å². The highest BCUT2D eigenvalue weighted by atomic mass is 16.5. The summed E-state index contributed by atoms with van der Waals surface area (Å²) < 4.78 is 5.79. The molecule has 0 aromatic carbocycles. The van der Waals surface area contributed by atoms with Crippen molar-refractivity contribution in [2.24, 2.45) is 5.92 Å². The van der Waals surface area contributed by atoms with Gasteiger partial charge in [-0.2, -0.15) is 0 Å². The van der Waals surface area contributed by atoms with Crippen LogP contribution in [0.2, 0.25) is 0 Å². The lowest BCUT2D eigenvalue weighted by atomic mass is 10.1. The topological polar surface area (TPSA) is 35.9 Å². The van der Waals surface area contributed by atoms with E-state index in [4.69, 9.17) is 9.84 Å². The van der Waals surface area contributed by atoms with E-state index >= 15 is 0 Å². The highest BCUT2D eigenvalue weighted by molar-refractivity contribution is 4.74. The second-order valence-electron chi connectivity index (χ2n) is 5.49. The van der Waals surface area contributed by atoms with E-state index in [0.29, 0.717) is 6.10 Å². The maximum absolute atomic E-state index is 8.80. The Kier molecular flexibility index (Phi) is 7.04. The Morgan fingerprint density at radius 2 is 2.24 bits per heavy atom. The van der Waals surface area contributed by atoms with Gasteiger partial charge in [0.25, 0.3) is 0 Å². The number of hydrogen-bond donors (Lipinski definition) is 1. The summed E-state index contributed by atoms with van der Waals surface area (Å²) in [5.74, 6) is 0.723. The lowest BCUT2D eigenvalue weighted by Gasteiger charge is -2.35. The second kappa shape index (κ2) is 8.03. The van der Waals surface area contributed by atoms with Crippen LogP contribution in [-0.4, -0.2) is 74.0 Å². The molecule has 0 spiro atoms. The van der Waals surface area contributed by atoms with Crippen molar-refractivity contribution in [2.75, 3.05) is 53.0 Å². The number of rotatable bonds is 7. The molecule has 0 aromatic rings. The number of aliphatic hydroxyl groups excluding tert-OH is 1. The van der Waals surface area contributed by atoms with Crippen LogP contribution < -0.4 is 0 Å². The smallest absolute Gasteiger partial charge is 0.0829 e. The van der Waals surface area contributed by atoms with Gasteiger partial charge in [-0.3, -0.25) is 4.90 Å². The van der Waals surface area contributed by atoms with Crippen LogP contribution in [0.15, 0.2) is 0 Å². The van der Waals surface area contributed by atoms with Crippen LogP contribution in [0.3, 0.4) is 0 Å². The van der Waals surface area contributed by atoms with Crippen molar-refractivity contribution >= 4 is 0 Å². The number of ether oxygens (including phenoxy) is 1. The largest absolute Gasteiger partial charge is 0.396 e. The predicted molar refractivity (Wildman–Crippen MR) is 70.2 cm³/mol. The number of hydrogen-bond acceptors (Lipinski definition) is 4. The van der Waals surface area contributed by atoms with Crippen molar-refractivity contribution in [1.82, 2.24) is 9.80 Å². The highest BCUT2D eigenvalue weighted by Gasteiger charge is 2.21. The van der Waals surface area contributed by atoms with Gasteiger partial charge >= 0.3 is 0 Å². The fourth-order valence-electron chi connectivity index (χ4n) is 2.35. The first-order chi connectivity index (χ1) is 8.11. The van der Waals surface area contributed by atoms with Crippen LogP contribution in [0.25, 0.3) is 0 Å². The molecule has 1 rings (SSSR count). The van der Waals surface area contributed by atoms with Crippen LogP contribution in [-0.2, 0) is 4.74 Å². The molecule has 102 valence electrons. The molecule has 1 atom stereocenters. The molecule has 0 bridgehead atoms. The standard InChI is InChI=1S/C13H28N2O2/c1-12(2)9-15-6-8-17-13(11-15)10-14(3)5-4-7-16/h12-13,16H,4-11H2,1-3H3. The third kappa shape index (κ3) is 6.36. The Morgan fingerprint density at radius 1 is 1.47 bits per heavy atom. The maximum Gasteiger partial charge on any atom is 0.0829 e. The van der Waals surface area contributed by atoms with E-state index < -0.39 is 0 Å². The Balaban J connectivity index is 2.24. The first kappa shape index (κ1) is 14.9. The van der Waals surface area contributed by atoms with Crippen LogP contribution in [0.4, 0.5) is 0 Å². The molecule has 1 N–H and O–H groups in total. The summed E-state index contributed by atoms with van der Waals surface area (Å²) in [5, 5.41) is 8.80. The summed E-state index contributed by atoms with van der Waals surface area (Å²) >= 11 is 0. The summed E-state index contributed by atoms with van der Waals surface area (Å²) in [4.78, 5) is 4.75. The minimum atomic E-state index is 0.273. The zero-order valence-corrected chi connectivity index (χ0v) is 11.6. The quantitative estimate of drug-likeness (QED) is 0.713. The third-order valence-electron chi connectivity index (χ3n) is 3.06. The van der Waals surface area contributed by atoms with Gasteiger partial charge in [-0.15, -0.1) is 0 Å². The van der Waals surface area contributed by atoms with Crippen molar-refractivity contribution in [2.45, 2.75) is 26.4 Å². The van der Waals surface area contributed by atoms with Crippen molar-refractivity contribution in [3.05, 3.63) is 0 Å². The summed E-state index contributed by atoms with van der Waals surface area (Å²) in [6, 6.07) is 0. The van der Waals surface area contributed by atoms with E-state index in [1.807, 2.05) is 0 Å². The fraction of sp³-hybridized carbons (Fsp3) is 1.00. The molecule has 1 aliphatic rings. The van der Waals surface area contributed by atoms with Gasteiger partial charge in [-0.05, 0) is 19.4 Å². The van der Waals surface area contributed by atoms with E-state index in [1.54, 1.807) is 0 Å². The van der Waals surface area contributed by atoms with Crippen LogP contribution in [0.5, 0.6) is 0 Å². The monoisotopic (exact) mass is 244 g/mol. The van der Waals surface area contributed by atoms with E-state index in [2.05, 4.69) is 30.7 Å². The fourth-order valence-corrected chi connectivity index (χ4v) is 2.35. The minimum absolute atomic E-state index is 0.273. The molecule has 0 radical (unpaired) electrons. The molecule has 0 saturated carbocycles. The lowest BCUT2D eigenvalue weighted by Crippen LogP contribution is -2.48. The van der Waals surface area contributed by atoms with E-state index in [-0.39, 0.29) is 6.61 Å². The van der Waals surface area contributed by atoms with Crippen molar-refractivity contribution < 1.29 is 9.84 Å². The average molecular weight is 244 g/mol. The number of morpholine rings is 1. The summed E-state index contributed by atoms with van der Waals surface area (Å²) in [6.45, 7) is 10.8. The molecule has 1 unspecified atom stereocenters. The normalized spacial score (nSPS) is 22.6. The van der Waals surface area contributed by atoms with Crippen LogP contribution in [0, 0.1) is 5.92 Å². The van der Waals surface area contributed by atoms with Gasteiger partial charge in [0.2, 0.25) is 0 Å². The van der Waals surface area contributed by atoms with Gasteiger partial charge in [-0.1, -0.05) is 13.8 Å². The average Bonchev–Trinajstić information content (AvgIpc) is 2.26. The summed E-state index contributed by atoms with van der Waals surface area (Å²) in [7, 11) is 2.10. The lowest BCUT2D eigenvalue weighted by molar-refractivity contribution is -0.0435. The molecule has 1 heterocycles. The molecule has 4 nitrogen and oxygen atoms in total. The first-order valence-electron chi connectivity index (χ1n) is 6.75. The van der Waals surface area contributed by atoms with Crippen LogP contribution >= 0.6 is 0 Å². The van der Waals surface area contributed by atoms with Gasteiger partial charge in [0.15, 0.2) is 0 Å². The predicted octanol–water partition coefficient (Wildman–Crippen LogP) is 0.657. The Hall–Kier alpha value is -0.160. The Bertz CT molecular complexity index is 200. The van der Waals surface area contributed by atoms with E-state index in [1.165, 1.54) is 6.54 Å². The third-order valence-corrected chi connectivity index (χ3v) is 3.06. The highest BCUT2D eigenvalue weighted by Crippen LogP contribution is 2.09. The SMILES string of the molecule is CC(C)CN1CCOC(CN(C)CCCO)C1. The van der Waals surface area contributed by atoms with Crippen molar-refractivity contribution in [3.8, 4) is 0 Å². The molecule has 0 amide bonds. The number of nitrogens with zero attached hydrogens (tertiary/aromatic N) is 2. The van der Waals surface area contributed by atoms with Gasteiger partial charge < -0.3 is 14.7 Å². The van der Waals surface area contributed by atoms with E-state index in [0.717, 1.165) is 45.1 Å². The van der Waals surface area contributed by atoms with Gasteiger partial charge in [0.05, 0.1) is 12.7 Å². The second-order valence-corrected chi connectivity index (χ2v) is 5.49. The molecule has 4 heteroatoms. The van der Waals surface area contributed by atoms with Crippen molar-refractivity contribution in [3.63, 3.8) is 0 Å². The molecule has 0 aromatic heterocycles. The zero-order valence-electron chi connectivity index (χ0n) is 11.6. The maximum atomic E-state index is 8.80. The van der Waals surface area contributed by atoms with Gasteiger partial charge in [-0.25, -0.2) is 0 Å². The molecule has 0 aliphatic carbocycles. The number of aliphatic hydroxyl groups is 1. The zero-order chi connectivity index (χ0) is 12.7. The molecule has 1 saturated heterocycles. The molecule has 1 aliphatic heterocycles. The number of likely N-dealkylation sites (N-methyl/N-ethyl adjacent to an activating group) is 1. The minimum Gasteiger partial charge on any atom is -0.396 e. The Morgan fingerprint density at radius 3 is 2.88 bits per heavy atom. The van der Waals surface area contributed by atoms with Crippen LogP contribution in [0.1, 0.15) is 20.3 Å². The van der Waals surface area contributed by atoms with Crippen molar-refractivity contribution in [1.29, 1.82) is 0 Å². The first-order valence-corrected chi connectivity index (χ1v) is 6.75. The molecule has 1 fully saturated rings. The summed E-state index contributed by atoms with van der Waals surface area (Å²) in [5.41, 5.74) is 0. The molecular formula is C13H28N2O2. The Labute approximate surface area is 106 Å². The van der Waals surface area contributed by atoms with E-state index in [9.17, 15) is 0 Å².